The van der Waals surface area contributed by atoms with Crippen LogP contribution in [0, 0.1) is 5.41 Å². The smallest absolute Gasteiger partial charge is 0.0473 e. The Morgan fingerprint density at radius 1 is 1.30 bits per heavy atom. The first-order chi connectivity index (χ1) is 4.65. The first-order valence-corrected chi connectivity index (χ1v) is 3.87. The zero-order valence-corrected chi connectivity index (χ0v) is 6.35. The third-order valence-corrected chi connectivity index (χ3v) is 2.45. The summed E-state index contributed by atoms with van der Waals surface area (Å²) in [6, 6.07) is 0. The molecule has 2 nitrogen and oxygen atoms in total. The molecule has 0 aromatic carbocycles. The summed E-state index contributed by atoms with van der Waals surface area (Å²) < 4.78 is 0. The van der Waals surface area contributed by atoms with Gasteiger partial charge in [0.1, 0.15) is 0 Å². The van der Waals surface area contributed by atoms with Crippen molar-refractivity contribution in [3.05, 3.63) is 0 Å². The third kappa shape index (κ3) is 1.31. The summed E-state index contributed by atoms with van der Waals surface area (Å²) in [6.45, 7) is 1.79. The second-order valence-electron chi connectivity index (χ2n) is 3.41. The average Bonchev–Trinajstić information content (AvgIpc) is 1.89. The van der Waals surface area contributed by atoms with Crippen LogP contribution in [-0.4, -0.2) is 5.97 Å². The Balaban J connectivity index is 2.56. The van der Waals surface area contributed by atoms with Crippen LogP contribution in [-0.2, 0) is 4.79 Å². The maximum atomic E-state index is 10.6. The fourth-order valence-corrected chi connectivity index (χ4v) is 1.54. The minimum atomic E-state index is -0.868. The maximum Gasteiger partial charge on any atom is 0.0473 e. The second kappa shape index (κ2) is 2.60. The zero-order valence-electron chi connectivity index (χ0n) is 6.35. The lowest BCUT2D eigenvalue weighted by molar-refractivity contribution is -0.319. The highest BCUT2D eigenvalue weighted by atomic mass is 16.4. The summed E-state index contributed by atoms with van der Waals surface area (Å²) in [4.78, 5) is 10.6. The van der Waals surface area contributed by atoms with Gasteiger partial charge < -0.3 is 9.90 Å². The van der Waals surface area contributed by atoms with Crippen molar-refractivity contribution in [1.82, 2.24) is 0 Å². The number of carboxylic acids is 1. The lowest BCUT2D eigenvalue weighted by Gasteiger charge is -2.34. The molecule has 0 aromatic rings. The molecular formula is C8H13O2-. The first-order valence-electron chi connectivity index (χ1n) is 3.87. The van der Waals surface area contributed by atoms with Crippen LogP contribution in [0.3, 0.4) is 0 Å². The summed E-state index contributed by atoms with van der Waals surface area (Å²) in [5, 5.41) is 10.6. The van der Waals surface area contributed by atoms with Crippen molar-refractivity contribution in [1.29, 1.82) is 0 Å². The Bertz CT molecular complexity index is 134. The number of carboxylic acid groups (broad SMARTS) is 1. The Morgan fingerprint density at radius 2 is 1.80 bits per heavy atom. The standard InChI is InChI=1S/C8H14O2/c1-8(7(9)10)5-3-2-4-6-8/h2-6H2,1H3,(H,9,10)/p-1. The highest BCUT2D eigenvalue weighted by molar-refractivity contribution is 5.71. The molecule has 0 bridgehead atoms. The molecule has 0 spiro atoms. The van der Waals surface area contributed by atoms with E-state index in [2.05, 4.69) is 0 Å². The molecule has 0 amide bonds. The summed E-state index contributed by atoms with van der Waals surface area (Å²) in [5.41, 5.74) is -0.516. The van der Waals surface area contributed by atoms with Gasteiger partial charge in [0.2, 0.25) is 0 Å². The minimum absolute atomic E-state index is 0.516. The van der Waals surface area contributed by atoms with Crippen LogP contribution in [0.4, 0.5) is 0 Å². The molecule has 0 atom stereocenters. The molecular weight excluding hydrogens is 128 g/mol. The minimum Gasteiger partial charge on any atom is -0.550 e. The van der Waals surface area contributed by atoms with Gasteiger partial charge >= 0.3 is 0 Å². The second-order valence-corrected chi connectivity index (χ2v) is 3.41. The van der Waals surface area contributed by atoms with Gasteiger partial charge in [0.25, 0.3) is 0 Å². The number of rotatable bonds is 1. The van der Waals surface area contributed by atoms with Crippen LogP contribution >= 0.6 is 0 Å². The van der Waals surface area contributed by atoms with E-state index >= 15 is 0 Å². The first kappa shape index (κ1) is 7.58. The van der Waals surface area contributed by atoms with Crippen LogP contribution in [0.15, 0.2) is 0 Å². The number of carbonyl (C=O) groups is 1. The van der Waals surface area contributed by atoms with Crippen LogP contribution in [0.25, 0.3) is 0 Å². The third-order valence-electron chi connectivity index (χ3n) is 2.45. The van der Waals surface area contributed by atoms with Gasteiger partial charge in [-0.3, -0.25) is 0 Å². The molecule has 1 saturated carbocycles. The number of hydrogen-bond acceptors (Lipinski definition) is 2. The van der Waals surface area contributed by atoms with E-state index in [1.807, 2.05) is 0 Å². The van der Waals surface area contributed by atoms with Gasteiger partial charge in [-0.25, -0.2) is 0 Å². The zero-order chi connectivity index (χ0) is 7.61. The quantitative estimate of drug-likeness (QED) is 0.539. The fraction of sp³-hybridized carbons (Fsp3) is 0.875. The fourth-order valence-electron chi connectivity index (χ4n) is 1.54. The molecule has 0 N–H and O–H groups in total. The molecule has 0 aliphatic heterocycles. The monoisotopic (exact) mass is 141 g/mol. The number of aliphatic carboxylic acids is 1. The molecule has 2 heteroatoms. The largest absolute Gasteiger partial charge is 0.550 e. The maximum absolute atomic E-state index is 10.6. The topological polar surface area (TPSA) is 40.1 Å². The average molecular weight is 141 g/mol. The Kier molecular flexibility index (Phi) is 1.97. The van der Waals surface area contributed by atoms with Crippen molar-refractivity contribution in [2.45, 2.75) is 39.0 Å². The lowest BCUT2D eigenvalue weighted by atomic mass is 9.76. The van der Waals surface area contributed by atoms with Crippen LogP contribution in [0.5, 0.6) is 0 Å². The lowest BCUT2D eigenvalue weighted by Crippen LogP contribution is -2.41. The highest BCUT2D eigenvalue weighted by Gasteiger charge is 2.27. The molecule has 1 fully saturated rings. The van der Waals surface area contributed by atoms with Crippen molar-refractivity contribution < 1.29 is 9.90 Å². The van der Waals surface area contributed by atoms with Gasteiger partial charge in [0.15, 0.2) is 0 Å². The Hall–Kier alpha value is -0.530. The molecule has 1 aliphatic rings. The summed E-state index contributed by atoms with van der Waals surface area (Å²) >= 11 is 0. The van der Waals surface area contributed by atoms with E-state index in [4.69, 9.17) is 0 Å². The van der Waals surface area contributed by atoms with Crippen LogP contribution in [0.1, 0.15) is 39.0 Å². The predicted octanol–water partition coefficient (Wildman–Crippen LogP) is 0.707. The SMILES string of the molecule is CC1(C(=O)[O-])CCCCC1. The highest BCUT2D eigenvalue weighted by Crippen LogP contribution is 2.34. The van der Waals surface area contributed by atoms with Crippen LogP contribution < -0.4 is 5.11 Å². The normalized spacial score (nSPS) is 24.1. The van der Waals surface area contributed by atoms with Gasteiger partial charge in [-0.15, -0.1) is 0 Å². The van der Waals surface area contributed by atoms with Crippen molar-refractivity contribution in [3.63, 3.8) is 0 Å². The number of hydrogen-bond donors (Lipinski definition) is 0. The van der Waals surface area contributed by atoms with E-state index in [-0.39, 0.29) is 0 Å². The molecule has 1 aliphatic carbocycles. The van der Waals surface area contributed by atoms with E-state index in [1.165, 1.54) is 6.42 Å². The van der Waals surface area contributed by atoms with Crippen molar-refractivity contribution in [2.75, 3.05) is 0 Å². The molecule has 0 heterocycles. The van der Waals surface area contributed by atoms with Gasteiger partial charge in [0.05, 0.1) is 0 Å². The van der Waals surface area contributed by atoms with Gasteiger partial charge in [-0.1, -0.05) is 26.2 Å². The van der Waals surface area contributed by atoms with E-state index in [0.29, 0.717) is 0 Å². The van der Waals surface area contributed by atoms with Gasteiger partial charge in [0, 0.05) is 11.4 Å². The van der Waals surface area contributed by atoms with Crippen LogP contribution in [0.2, 0.25) is 0 Å². The Labute approximate surface area is 61.2 Å². The predicted molar refractivity (Wildman–Crippen MR) is 36.2 cm³/mol. The molecule has 0 aromatic heterocycles. The molecule has 0 saturated heterocycles. The summed E-state index contributed by atoms with van der Waals surface area (Å²) in [5.74, 6) is -0.868. The summed E-state index contributed by atoms with van der Waals surface area (Å²) in [6.07, 6.45) is 4.88. The van der Waals surface area contributed by atoms with E-state index < -0.39 is 11.4 Å². The van der Waals surface area contributed by atoms with Gasteiger partial charge in [-0.2, -0.15) is 0 Å². The van der Waals surface area contributed by atoms with Crippen molar-refractivity contribution in [3.8, 4) is 0 Å². The van der Waals surface area contributed by atoms with Crippen molar-refractivity contribution >= 4 is 5.97 Å². The molecule has 58 valence electrons. The molecule has 1 rings (SSSR count). The molecule has 0 radical (unpaired) electrons. The number of carbonyl (C=O) groups excluding carboxylic acids is 1. The molecule has 0 unspecified atom stereocenters. The van der Waals surface area contributed by atoms with E-state index in [9.17, 15) is 9.90 Å². The molecule has 10 heavy (non-hydrogen) atoms. The van der Waals surface area contributed by atoms with Gasteiger partial charge in [-0.05, 0) is 12.8 Å². The van der Waals surface area contributed by atoms with E-state index in [1.54, 1.807) is 6.92 Å². The van der Waals surface area contributed by atoms with Crippen molar-refractivity contribution in [2.24, 2.45) is 5.41 Å². The Morgan fingerprint density at radius 3 is 2.10 bits per heavy atom. The summed E-state index contributed by atoms with van der Waals surface area (Å²) in [7, 11) is 0. The van der Waals surface area contributed by atoms with E-state index in [0.717, 1.165) is 25.7 Å².